The van der Waals surface area contributed by atoms with E-state index in [4.69, 9.17) is 0 Å². The molecule has 20 heavy (non-hydrogen) atoms. The smallest absolute Gasteiger partial charge is 0.0613 e. The molecule has 0 saturated heterocycles. The molecule has 2 nitrogen and oxygen atoms in total. The van der Waals surface area contributed by atoms with Crippen molar-refractivity contribution in [3.63, 3.8) is 0 Å². The van der Waals surface area contributed by atoms with Crippen molar-refractivity contribution in [2.24, 2.45) is 0 Å². The fourth-order valence-electron chi connectivity index (χ4n) is 4.03. The number of fused-ring (bicyclic) bond motifs is 1. The number of rotatable bonds is 4. The lowest BCUT2D eigenvalue weighted by Crippen LogP contribution is -2.51. The van der Waals surface area contributed by atoms with Crippen LogP contribution in [0.1, 0.15) is 62.0 Å². The Bertz CT molecular complexity index is 437. The van der Waals surface area contributed by atoms with Gasteiger partial charge in [0, 0.05) is 12.1 Å². The fraction of sp³-hybridized carbons (Fsp3) is 0.667. The maximum Gasteiger partial charge on any atom is 0.0613 e. The van der Waals surface area contributed by atoms with Crippen LogP contribution in [0.3, 0.4) is 0 Å². The van der Waals surface area contributed by atoms with Crippen LogP contribution in [0, 0.1) is 0 Å². The highest BCUT2D eigenvalue weighted by Crippen LogP contribution is 2.33. The van der Waals surface area contributed by atoms with Crippen LogP contribution in [0.15, 0.2) is 24.3 Å². The van der Waals surface area contributed by atoms with E-state index in [0.717, 1.165) is 19.4 Å². The molecule has 3 rings (SSSR count). The van der Waals surface area contributed by atoms with Gasteiger partial charge in [-0.15, -0.1) is 0 Å². The molecule has 2 N–H and O–H groups in total. The van der Waals surface area contributed by atoms with E-state index in [1.807, 2.05) is 0 Å². The van der Waals surface area contributed by atoms with Gasteiger partial charge < -0.3 is 10.4 Å². The monoisotopic (exact) mass is 273 g/mol. The summed E-state index contributed by atoms with van der Waals surface area (Å²) in [5.74, 6) is 0.630. The van der Waals surface area contributed by atoms with E-state index in [2.05, 4.69) is 29.6 Å². The highest BCUT2D eigenvalue weighted by Gasteiger charge is 2.32. The van der Waals surface area contributed by atoms with Crippen molar-refractivity contribution in [3.05, 3.63) is 35.4 Å². The SMILES string of the molecule is OCC1(NCC2CCCc3ccccc32)CCCCC1. The van der Waals surface area contributed by atoms with Gasteiger partial charge in [0.2, 0.25) is 0 Å². The maximum absolute atomic E-state index is 9.80. The Morgan fingerprint density at radius 3 is 2.70 bits per heavy atom. The van der Waals surface area contributed by atoms with Gasteiger partial charge in [0.15, 0.2) is 0 Å². The summed E-state index contributed by atoms with van der Waals surface area (Å²) < 4.78 is 0. The molecule has 2 heteroatoms. The molecule has 1 unspecified atom stereocenters. The summed E-state index contributed by atoms with van der Waals surface area (Å²) in [6, 6.07) is 8.90. The second-order valence-electron chi connectivity index (χ2n) is 6.67. The number of aliphatic hydroxyl groups excluding tert-OH is 1. The maximum atomic E-state index is 9.80. The summed E-state index contributed by atoms with van der Waals surface area (Å²) in [6.07, 6.45) is 9.94. The average Bonchev–Trinajstić information content (AvgIpc) is 2.54. The second-order valence-corrected chi connectivity index (χ2v) is 6.67. The minimum atomic E-state index is 0.00460. The van der Waals surface area contributed by atoms with E-state index in [1.54, 1.807) is 0 Å². The Morgan fingerprint density at radius 1 is 1.10 bits per heavy atom. The average molecular weight is 273 g/mol. The van der Waals surface area contributed by atoms with Crippen LogP contribution >= 0.6 is 0 Å². The minimum Gasteiger partial charge on any atom is -0.394 e. The van der Waals surface area contributed by atoms with Crippen LogP contribution in [-0.4, -0.2) is 23.8 Å². The summed E-state index contributed by atoms with van der Waals surface area (Å²) in [5.41, 5.74) is 3.08. The first-order valence-electron chi connectivity index (χ1n) is 8.27. The summed E-state index contributed by atoms with van der Waals surface area (Å²) in [5, 5.41) is 13.5. The summed E-state index contributed by atoms with van der Waals surface area (Å²) >= 11 is 0. The normalized spacial score (nSPS) is 25.1. The zero-order valence-electron chi connectivity index (χ0n) is 12.4. The van der Waals surface area contributed by atoms with Gasteiger partial charge in [-0.25, -0.2) is 0 Å². The third-order valence-corrected chi connectivity index (χ3v) is 5.33. The van der Waals surface area contributed by atoms with Gasteiger partial charge in [-0.1, -0.05) is 43.5 Å². The van der Waals surface area contributed by atoms with Crippen LogP contribution in [-0.2, 0) is 6.42 Å². The van der Waals surface area contributed by atoms with Crippen molar-refractivity contribution in [1.82, 2.24) is 5.32 Å². The molecule has 1 aromatic rings. The Kier molecular flexibility index (Phi) is 4.42. The molecular weight excluding hydrogens is 246 g/mol. The van der Waals surface area contributed by atoms with Crippen LogP contribution in [0.25, 0.3) is 0 Å². The van der Waals surface area contributed by atoms with Gasteiger partial charge >= 0.3 is 0 Å². The van der Waals surface area contributed by atoms with E-state index < -0.39 is 0 Å². The molecule has 0 bridgehead atoms. The summed E-state index contributed by atoms with van der Waals surface area (Å²) in [4.78, 5) is 0. The Morgan fingerprint density at radius 2 is 1.90 bits per heavy atom. The van der Waals surface area contributed by atoms with Crippen molar-refractivity contribution in [2.75, 3.05) is 13.2 Å². The first-order chi connectivity index (χ1) is 9.83. The van der Waals surface area contributed by atoms with E-state index in [-0.39, 0.29) is 5.54 Å². The van der Waals surface area contributed by atoms with Gasteiger partial charge in [0.25, 0.3) is 0 Å². The molecule has 0 amide bonds. The number of aryl methyl sites for hydroxylation is 1. The molecule has 2 aliphatic rings. The topological polar surface area (TPSA) is 32.3 Å². The molecule has 1 atom stereocenters. The van der Waals surface area contributed by atoms with Crippen LogP contribution in [0.5, 0.6) is 0 Å². The van der Waals surface area contributed by atoms with Crippen molar-refractivity contribution in [1.29, 1.82) is 0 Å². The van der Waals surface area contributed by atoms with E-state index >= 15 is 0 Å². The molecule has 2 aliphatic carbocycles. The Balaban J connectivity index is 1.66. The quantitative estimate of drug-likeness (QED) is 0.881. The largest absolute Gasteiger partial charge is 0.394 e. The molecule has 1 aromatic carbocycles. The van der Waals surface area contributed by atoms with Crippen LogP contribution in [0.2, 0.25) is 0 Å². The molecule has 0 radical (unpaired) electrons. The van der Waals surface area contributed by atoms with E-state index in [9.17, 15) is 5.11 Å². The van der Waals surface area contributed by atoms with Crippen molar-refractivity contribution in [2.45, 2.75) is 62.8 Å². The zero-order chi connectivity index (χ0) is 13.8. The van der Waals surface area contributed by atoms with E-state index in [0.29, 0.717) is 12.5 Å². The molecule has 0 aliphatic heterocycles. The van der Waals surface area contributed by atoms with Crippen molar-refractivity contribution >= 4 is 0 Å². The number of benzene rings is 1. The lowest BCUT2D eigenvalue weighted by Gasteiger charge is -2.38. The summed E-state index contributed by atoms with van der Waals surface area (Å²) in [7, 11) is 0. The zero-order valence-corrected chi connectivity index (χ0v) is 12.4. The minimum absolute atomic E-state index is 0.00460. The summed E-state index contributed by atoms with van der Waals surface area (Å²) in [6.45, 7) is 1.32. The first-order valence-corrected chi connectivity index (χ1v) is 8.27. The fourth-order valence-corrected chi connectivity index (χ4v) is 4.03. The molecule has 0 heterocycles. The molecule has 110 valence electrons. The van der Waals surface area contributed by atoms with E-state index in [1.165, 1.54) is 49.7 Å². The van der Waals surface area contributed by atoms with Crippen molar-refractivity contribution in [3.8, 4) is 0 Å². The van der Waals surface area contributed by atoms with Gasteiger partial charge in [-0.2, -0.15) is 0 Å². The number of aliphatic hydroxyl groups is 1. The highest BCUT2D eigenvalue weighted by atomic mass is 16.3. The molecule has 0 spiro atoms. The van der Waals surface area contributed by atoms with Crippen molar-refractivity contribution < 1.29 is 5.11 Å². The van der Waals surface area contributed by atoms with Crippen LogP contribution in [0.4, 0.5) is 0 Å². The standard InChI is InChI=1S/C18H27NO/c20-14-18(11-4-1-5-12-18)19-13-16-9-6-8-15-7-2-3-10-17(15)16/h2-3,7,10,16,19-20H,1,4-6,8-9,11-14H2. The molecular formula is C18H27NO. The third kappa shape index (κ3) is 2.91. The second kappa shape index (κ2) is 6.28. The lowest BCUT2D eigenvalue weighted by atomic mass is 9.79. The first kappa shape index (κ1) is 14.1. The predicted octanol–water partition coefficient (Wildman–Crippen LogP) is 3.39. The van der Waals surface area contributed by atoms with Gasteiger partial charge in [-0.3, -0.25) is 0 Å². The lowest BCUT2D eigenvalue weighted by molar-refractivity contribution is 0.118. The Labute approximate surface area is 122 Å². The molecule has 1 saturated carbocycles. The molecule has 0 aromatic heterocycles. The highest BCUT2D eigenvalue weighted by molar-refractivity contribution is 5.32. The number of nitrogens with one attached hydrogen (secondary N) is 1. The Hall–Kier alpha value is -0.860. The van der Waals surface area contributed by atoms with Crippen LogP contribution < -0.4 is 5.32 Å². The number of hydrogen-bond acceptors (Lipinski definition) is 2. The van der Waals surface area contributed by atoms with Gasteiger partial charge in [0.05, 0.1) is 6.61 Å². The number of hydrogen-bond donors (Lipinski definition) is 2. The molecule has 1 fully saturated rings. The van der Waals surface area contributed by atoms with Gasteiger partial charge in [-0.05, 0) is 49.1 Å². The van der Waals surface area contributed by atoms with Gasteiger partial charge in [0.1, 0.15) is 0 Å². The third-order valence-electron chi connectivity index (χ3n) is 5.33. The predicted molar refractivity (Wildman–Crippen MR) is 83.0 cm³/mol.